The minimum absolute atomic E-state index is 0.0274. The van der Waals surface area contributed by atoms with Crippen molar-refractivity contribution in [1.82, 2.24) is 10.2 Å². The SMILES string of the molecule is CC(CCCN)C(=O)NCc1ccccc1CN(C)C. The molecule has 0 fully saturated rings. The van der Waals surface area contributed by atoms with Crippen molar-refractivity contribution in [2.24, 2.45) is 11.7 Å². The average Bonchev–Trinajstić information content (AvgIpc) is 2.42. The topological polar surface area (TPSA) is 58.4 Å². The van der Waals surface area contributed by atoms with E-state index in [0.29, 0.717) is 13.1 Å². The fourth-order valence-corrected chi connectivity index (χ4v) is 2.14. The monoisotopic (exact) mass is 277 g/mol. The number of nitrogens with one attached hydrogen (secondary N) is 1. The molecule has 0 saturated heterocycles. The van der Waals surface area contributed by atoms with Gasteiger partial charge in [0.25, 0.3) is 0 Å². The summed E-state index contributed by atoms with van der Waals surface area (Å²) in [7, 11) is 4.09. The van der Waals surface area contributed by atoms with E-state index in [1.54, 1.807) is 0 Å². The van der Waals surface area contributed by atoms with Crippen molar-refractivity contribution in [1.29, 1.82) is 0 Å². The molecule has 0 aromatic heterocycles. The number of carbonyl (C=O) groups excluding carboxylic acids is 1. The lowest BCUT2D eigenvalue weighted by molar-refractivity contribution is -0.124. The lowest BCUT2D eigenvalue weighted by Gasteiger charge is -2.16. The number of hydrogen-bond acceptors (Lipinski definition) is 3. The Morgan fingerprint density at radius 3 is 2.55 bits per heavy atom. The van der Waals surface area contributed by atoms with Crippen molar-refractivity contribution < 1.29 is 4.79 Å². The number of rotatable bonds is 8. The second kappa shape index (κ2) is 8.72. The Labute approximate surface area is 122 Å². The van der Waals surface area contributed by atoms with E-state index in [0.717, 1.165) is 19.4 Å². The fraction of sp³-hybridized carbons (Fsp3) is 0.562. The summed E-state index contributed by atoms with van der Waals surface area (Å²) in [6.45, 7) is 4.07. The summed E-state index contributed by atoms with van der Waals surface area (Å²) >= 11 is 0. The molecule has 3 N–H and O–H groups in total. The first-order valence-corrected chi connectivity index (χ1v) is 7.24. The van der Waals surface area contributed by atoms with Crippen LogP contribution in [0.3, 0.4) is 0 Å². The van der Waals surface area contributed by atoms with E-state index in [2.05, 4.69) is 22.3 Å². The molecule has 1 atom stereocenters. The number of carbonyl (C=O) groups is 1. The molecule has 0 saturated carbocycles. The molecule has 1 aromatic rings. The molecule has 0 aliphatic heterocycles. The Morgan fingerprint density at radius 1 is 1.30 bits per heavy atom. The molecule has 0 aliphatic rings. The van der Waals surface area contributed by atoms with Crippen molar-refractivity contribution in [2.75, 3.05) is 20.6 Å². The second-order valence-corrected chi connectivity index (χ2v) is 5.56. The molecule has 20 heavy (non-hydrogen) atoms. The van der Waals surface area contributed by atoms with Gasteiger partial charge in [-0.05, 0) is 44.6 Å². The number of nitrogens with two attached hydrogens (primary N) is 1. The zero-order valence-electron chi connectivity index (χ0n) is 12.9. The van der Waals surface area contributed by atoms with Gasteiger partial charge in [0.05, 0.1) is 0 Å². The average molecular weight is 277 g/mol. The third kappa shape index (κ3) is 5.72. The van der Waals surface area contributed by atoms with Crippen molar-refractivity contribution in [2.45, 2.75) is 32.9 Å². The Kier molecular flexibility index (Phi) is 7.26. The number of benzene rings is 1. The van der Waals surface area contributed by atoms with Crippen LogP contribution in [0.25, 0.3) is 0 Å². The van der Waals surface area contributed by atoms with E-state index in [9.17, 15) is 4.79 Å². The van der Waals surface area contributed by atoms with E-state index in [-0.39, 0.29) is 11.8 Å². The summed E-state index contributed by atoms with van der Waals surface area (Å²) in [6.07, 6.45) is 1.74. The Hall–Kier alpha value is -1.39. The van der Waals surface area contributed by atoms with Gasteiger partial charge >= 0.3 is 0 Å². The Balaban J connectivity index is 2.54. The number of amides is 1. The van der Waals surface area contributed by atoms with Crippen LogP contribution in [0.15, 0.2) is 24.3 Å². The van der Waals surface area contributed by atoms with Gasteiger partial charge < -0.3 is 16.0 Å². The summed E-state index contributed by atoms with van der Waals surface area (Å²) in [5.41, 5.74) is 7.91. The normalized spacial score (nSPS) is 12.4. The van der Waals surface area contributed by atoms with Crippen molar-refractivity contribution in [3.8, 4) is 0 Å². The van der Waals surface area contributed by atoms with Crippen LogP contribution in [0.1, 0.15) is 30.9 Å². The highest BCUT2D eigenvalue weighted by Gasteiger charge is 2.12. The summed E-state index contributed by atoms with van der Waals surface area (Å²) in [5, 5.41) is 3.02. The van der Waals surface area contributed by atoms with Gasteiger partial charge in [0.2, 0.25) is 5.91 Å². The molecule has 4 nitrogen and oxygen atoms in total. The van der Waals surface area contributed by atoms with Gasteiger partial charge in [-0.2, -0.15) is 0 Å². The molecule has 0 bridgehead atoms. The van der Waals surface area contributed by atoms with E-state index in [4.69, 9.17) is 5.73 Å². The molecule has 0 spiro atoms. The number of hydrogen-bond donors (Lipinski definition) is 2. The molecule has 0 heterocycles. The summed E-state index contributed by atoms with van der Waals surface area (Å²) < 4.78 is 0. The van der Waals surface area contributed by atoms with Gasteiger partial charge in [-0.3, -0.25) is 4.79 Å². The van der Waals surface area contributed by atoms with Crippen molar-refractivity contribution in [3.05, 3.63) is 35.4 Å². The lowest BCUT2D eigenvalue weighted by Crippen LogP contribution is -2.29. The van der Waals surface area contributed by atoms with Crippen LogP contribution in [0.5, 0.6) is 0 Å². The van der Waals surface area contributed by atoms with E-state index in [1.165, 1.54) is 11.1 Å². The van der Waals surface area contributed by atoms with Gasteiger partial charge in [0, 0.05) is 19.0 Å². The van der Waals surface area contributed by atoms with Crippen LogP contribution >= 0.6 is 0 Å². The van der Waals surface area contributed by atoms with Crippen LogP contribution in [-0.2, 0) is 17.9 Å². The van der Waals surface area contributed by atoms with Gasteiger partial charge in [-0.15, -0.1) is 0 Å². The first-order chi connectivity index (χ1) is 9.54. The lowest BCUT2D eigenvalue weighted by atomic mass is 10.0. The highest BCUT2D eigenvalue weighted by atomic mass is 16.1. The summed E-state index contributed by atoms with van der Waals surface area (Å²) in [4.78, 5) is 14.1. The first kappa shape index (κ1) is 16.7. The highest BCUT2D eigenvalue weighted by molar-refractivity contribution is 5.78. The highest BCUT2D eigenvalue weighted by Crippen LogP contribution is 2.11. The molecule has 1 rings (SSSR count). The van der Waals surface area contributed by atoms with Crippen LogP contribution in [0, 0.1) is 5.92 Å². The molecule has 1 unspecified atom stereocenters. The fourth-order valence-electron chi connectivity index (χ4n) is 2.14. The molecule has 4 heteroatoms. The Bertz CT molecular complexity index is 418. The molecule has 0 radical (unpaired) electrons. The van der Waals surface area contributed by atoms with Gasteiger partial charge in [0.1, 0.15) is 0 Å². The predicted molar refractivity (Wildman–Crippen MR) is 83.1 cm³/mol. The summed E-state index contributed by atoms with van der Waals surface area (Å²) in [6, 6.07) is 8.23. The van der Waals surface area contributed by atoms with E-state index in [1.807, 2.05) is 33.2 Å². The largest absolute Gasteiger partial charge is 0.352 e. The van der Waals surface area contributed by atoms with Crippen LogP contribution in [0.4, 0.5) is 0 Å². The Morgan fingerprint density at radius 2 is 1.95 bits per heavy atom. The van der Waals surface area contributed by atoms with Gasteiger partial charge in [-0.25, -0.2) is 0 Å². The first-order valence-electron chi connectivity index (χ1n) is 7.24. The van der Waals surface area contributed by atoms with Crippen LogP contribution < -0.4 is 11.1 Å². The molecular formula is C16H27N3O. The van der Waals surface area contributed by atoms with Crippen LogP contribution in [0.2, 0.25) is 0 Å². The molecule has 0 aliphatic carbocycles. The third-order valence-electron chi connectivity index (χ3n) is 3.35. The van der Waals surface area contributed by atoms with Crippen molar-refractivity contribution >= 4 is 5.91 Å². The van der Waals surface area contributed by atoms with E-state index < -0.39 is 0 Å². The second-order valence-electron chi connectivity index (χ2n) is 5.56. The maximum atomic E-state index is 12.0. The quantitative estimate of drug-likeness (QED) is 0.761. The zero-order valence-corrected chi connectivity index (χ0v) is 12.9. The van der Waals surface area contributed by atoms with E-state index >= 15 is 0 Å². The minimum atomic E-state index is 0.0274. The van der Waals surface area contributed by atoms with Gasteiger partial charge in [0.15, 0.2) is 0 Å². The maximum absolute atomic E-state index is 12.0. The smallest absolute Gasteiger partial charge is 0.223 e. The third-order valence-corrected chi connectivity index (χ3v) is 3.35. The standard InChI is InChI=1S/C16H27N3O/c1-13(7-6-10-17)16(20)18-11-14-8-4-5-9-15(14)12-19(2)3/h4-5,8-9,13H,6-7,10-12,17H2,1-3H3,(H,18,20). The van der Waals surface area contributed by atoms with Gasteiger partial charge in [-0.1, -0.05) is 31.2 Å². The molecule has 112 valence electrons. The zero-order chi connectivity index (χ0) is 15.0. The number of nitrogens with zero attached hydrogens (tertiary/aromatic N) is 1. The van der Waals surface area contributed by atoms with Crippen molar-refractivity contribution in [3.63, 3.8) is 0 Å². The summed E-state index contributed by atoms with van der Waals surface area (Å²) in [5.74, 6) is 0.137. The molecular weight excluding hydrogens is 250 g/mol. The minimum Gasteiger partial charge on any atom is -0.352 e. The molecule has 1 aromatic carbocycles. The maximum Gasteiger partial charge on any atom is 0.223 e. The van der Waals surface area contributed by atoms with Crippen LogP contribution in [-0.4, -0.2) is 31.4 Å². The predicted octanol–water partition coefficient (Wildman–Crippen LogP) is 1.74. The molecule has 1 amide bonds.